The average Bonchev–Trinajstić information content (AvgIpc) is 2.38. The molecule has 0 unspecified atom stereocenters. The average molecular weight is 326 g/mol. The summed E-state index contributed by atoms with van der Waals surface area (Å²) in [6.45, 7) is 0.397. The van der Waals surface area contributed by atoms with E-state index in [2.05, 4.69) is 15.9 Å². The fourth-order valence-electron chi connectivity index (χ4n) is 1.47. The summed E-state index contributed by atoms with van der Waals surface area (Å²) in [6.07, 6.45) is 0.781. The van der Waals surface area contributed by atoms with Crippen LogP contribution in [0.1, 0.15) is 15.9 Å². The van der Waals surface area contributed by atoms with Crippen LogP contribution in [0.3, 0.4) is 0 Å². The number of aldehydes is 1. The second kappa shape index (κ2) is 6.03. The first-order valence-corrected chi connectivity index (χ1v) is 6.48. The summed E-state index contributed by atoms with van der Waals surface area (Å²) in [5.74, 6) is 0.564. The summed E-state index contributed by atoms with van der Waals surface area (Å²) in [6, 6.07) is 12.7. The van der Waals surface area contributed by atoms with Crippen LogP contribution >= 0.6 is 27.5 Å². The molecular weight excluding hydrogens is 316 g/mol. The van der Waals surface area contributed by atoms with E-state index in [0.29, 0.717) is 22.9 Å². The van der Waals surface area contributed by atoms with Gasteiger partial charge in [-0.05, 0) is 35.9 Å². The fraction of sp³-hybridized carbons (Fsp3) is 0.0714. The molecule has 0 aliphatic heterocycles. The van der Waals surface area contributed by atoms with E-state index in [4.69, 9.17) is 16.3 Å². The number of hydrogen-bond donors (Lipinski definition) is 0. The number of carbonyl (C=O) groups is 1. The van der Waals surface area contributed by atoms with Crippen LogP contribution in [-0.2, 0) is 6.61 Å². The van der Waals surface area contributed by atoms with Crippen LogP contribution in [0.5, 0.6) is 5.75 Å². The molecule has 0 spiro atoms. The third-order valence-electron chi connectivity index (χ3n) is 2.41. The van der Waals surface area contributed by atoms with Crippen molar-refractivity contribution in [1.29, 1.82) is 0 Å². The third kappa shape index (κ3) is 3.34. The lowest BCUT2D eigenvalue weighted by atomic mass is 10.2. The Bertz CT molecular complexity index is 552. The Balaban J connectivity index is 2.12. The molecule has 0 saturated heterocycles. The summed E-state index contributed by atoms with van der Waals surface area (Å²) >= 11 is 9.15. The van der Waals surface area contributed by atoms with E-state index in [1.54, 1.807) is 18.2 Å². The van der Waals surface area contributed by atoms with Crippen LogP contribution in [0.25, 0.3) is 0 Å². The third-order valence-corrected chi connectivity index (χ3v) is 3.16. The van der Waals surface area contributed by atoms with E-state index >= 15 is 0 Å². The normalized spacial score (nSPS) is 10.1. The van der Waals surface area contributed by atoms with Crippen molar-refractivity contribution in [3.05, 3.63) is 63.1 Å². The maximum atomic E-state index is 10.9. The number of halogens is 2. The molecule has 0 heterocycles. The first-order chi connectivity index (χ1) is 8.69. The van der Waals surface area contributed by atoms with Gasteiger partial charge in [-0.25, -0.2) is 0 Å². The van der Waals surface area contributed by atoms with Crippen molar-refractivity contribution in [3.63, 3.8) is 0 Å². The van der Waals surface area contributed by atoms with Gasteiger partial charge in [0.05, 0.1) is 5.56 Å². The predicted molar refractivity (Wildman–Crippen MR) is 75.3 cm³/mol. The molecule has 0 amide bonds. The van der Waals surface area contributed by atoms with Gasteiger partial charge in [-0.2, -0.15) is 0 Å². The van der Waals surface area contributed by atoms with E-state index in [0.717, 1.165) is 16.3 Å². The van der Waals surface area contributed by atoms with Crippen LogP contribution < -0.4 is 4.74 Å². The maximum absolute atomic E-state index is 10.9. The minimum Gasteiger partial charge on any atom is -0.488 e. The van der Waals surface area contributed by atoms with Crippen molar-refractivity contribution < 1.29 is 9.53 Å². The molecule has 0 aliphatic carbocycles. The molecule has 18 heavy (non-hydrogen) atoms. The highest BCUT2D eigenvalue weighted by molar-refractivity contribution is 9.10. The number of rotatable bonds is 4. The van der Waals surface area contributed by atoms with Crippen molar-refractivity contribution in [1.82, 2.24) is 0 Å². The first kappa shape index (κ1) is 13.1. The molecular formula is C14H10BrClO2. The number of ether oxygens (including phenoxy) is 1. The summed E-state index contributed by atoms with van der Waals surface area (Å²) in [4.78, 5) is 10.9. The van der Waals surface area contributed by atoms with Gasteiger partial charge in [0.1, 0.15) is 12.4 Å². The molecule has 4 heteroatoms. The van der Waals surface area contributed by atoms with Crippen molar-refractivity contribution in [2.45, 2.75) is 6.61 Å². The molecule has 0 aromatic heterocycles. The predicted octanol–water partition coefficient (Wildman–Crippen LogP) is 4.49. The summed E-state index contributed by atoms with van der Waals surface area (Å²) < 4.78 is 6.50. The standard InChI is InChI=1S/C14H10BrClO2/c15-12-4-3-11(8-17)14(7-12)18-9-10-1-5-13(16)6-2-10/h1-8H,9H2. The van der Waals surface area contributed by atoms with Crippen LogP contribution in [-0.4, -0.2) is 6.29 Å². The molecule has 0 aliphatic rings. The Morgan fingerprint density at radius 2 is 1.89 bits per heavy atom. The minimum atomic E-state index is 0.397. The zero-order chi connectivity index (χ0) is 13.0. The number of hydrogen-bond acceptors (Lipinski definition) is 2. The molecule has 0 fully saturated rings. The van der Waals surface area contributed by atoms with Crippen LogP contribution in [0.15, 0.2) is 46.9 Å². The molecule has 0 saturated carbocycles. The second-order valence-corrected chi connectivity index (χ2v) is 5.07. The van der Waals surface area contributed by atoms with Gasteiger partial charge in [0.25, 0.3) is 0 Å². The SMILES string of the molecule is O=Cc1ccc(Br)cc1OCc1ccc(Cl)cc1. The monoisotopic (exact) mass is 324 g/mol. The van der Waals surface area contributed by atoms with E-state index in [-0.39, 0.29) is 0 Å². The zero-order valence-corrected chi connectivity index (χ0v) is 11.7. The number of carbonyl (C=O) groups excluding carboxylic acids is 1. The summed E-state index contributed by atoms with van der Waals surface area (Å²) in [5, 5.41) is 0.690. The largest absolute Gasteiger partial charge is 0.488 e. The lowest BCUT2D eigenvalue weighted by Crippen LogP contribution is -1.98. The Morgan fingerprint density at radius 1 is 1.17 bits per heavy atom. The van der Waals surface area contributed by atoms with Crippen molar-refractivity contribution in [2.75, 3.05) is 0 Å². The van der Waals surface area contributed by atoms with Gasteiger partial charge in [-0.15, -0.1) is 0 Å². The minimum absolute atomic E-state index is 0.397. The lowest BCUT2D eigenvalue weighted by Gasteiger charge is -2.09. The van der Waals surface area contributed by atoms with Gasteiger partial charge in [0, 0.05) is 9.50 Å². The smallest absolute Gasteiger partial charge is 0.153 e. The van der Waals surface area contributed by atoms with Gasteiger partial charge in [-0.3, -0.25) is 4.79 Å². The van der Waals surface area contributed by atoms with Gasteiger partial charge in [-0.1, -0.05) is 39.7 Å². The van der Waals surface area contributed by atoms with Crippen LogP contribution in [0.4, 0.5) is 0 Å². The van der Waals surface area contributed by atoms with Crippen LogP contribution in [0.2, 0.25) is 5.02 Å². The Kier molecular flexibility index (Phi) is 4.39. The molecule has 2 rings (SSSR count). The Labute approximate surface area is 119 Å². The van der Waals surface area contributed by atoms with E-state index in [1.165, 1.54) is 0 Å². The van der Waals surface area contributed by atoms with Gasteiger partial charge >= 0.3 is 0 Å². The molecule has 2 nitrogen and oxygen atoms in total. The Morgan fingerprint density at radius 3 is 2.56 bits per heavy atom. The highest BCUT2D eigenvalue weighted by atomic mass is 79.9. The quantitative estimate of drug-likeness (QED) is 0.774. The van der Waals surface area contributed by atoms with Gasteiger partial charge in [0.15, 0.2) is 6.29 Å². The Hall–Kier alpha value is -1.32. The van der Waals surface area contributed by atoms with E-state index in [1.807, 2.05) is 24.3 Å². The lowest BCUT2D eigenvalue weighted by molar-refractivity contribution is 0.111. The molecule has 92 valence electrons. The highest BCUT2D eigenvalue weighted by Gasteiger charge is 2.04. The van der Waals surface area contributed by atoms with Gasteiger partial charge < -0.3 is 4.74 Å². The van der Waals surface area contributed by atoms with Gasteiger partial charge in [0.2, 0.25) is 0 Å². The second-order valence-electron chi connectivity index (χ2n) is 3.72. The molecule has 2 aromatic rings. The highest BCUT2D eigenvalue weighted by Crippen LogP contribution is 2.23. The maximum Gasteiger partial charge on any atom is 0.153 e. The molecule has 0 bridgehead atoms. The zero-order valence-electron chi connectivity index (χ0n) is 9.40. The molecule has 2 aromatic carbocycles. The summed E-state index contributed by atoms with van der Waals surface area (Å²) in [7, 11) is 0. The summed E-state index contributed by atoms with van der Waals surface area (Å²) in [5.41, 5.74) is 1.53. The van der Waals surface area contributed by atoms with Crippen molar-refractivity contribution in [3.8, 4) is 5.75 Å². The first-order valence-electron chi connectivity index (χ1n) is 5.31. The van der Waals surface area contributed by atoms with Crippen LogP contribution in [0, 0.1) is 0 Å². The van der Waals surface area contributed by atoms with E-state index in [9.17, 15) is 4.79 Å². The fourth-order valence-corrected chi connectivity index (χ4v) is 1.94. The molecule has 0 atom stereocenters. The topological polar surface area (TPSA) is 26.3 Å². The number of benzene rings is 2. The van der Waals surface area contributed by atoms with Crippen molar-refractivity contribution in [2.24, 2.45) is 0 Å². The molecule has 0 radical (unpaired) electrons. The van der Waals surface area contributed by atoms with E-state index < -0.39 is 0 Å². The van der Waals surface area contributed by atoms with Crippen molar-refractivity contribution >= 4 is 33.8 Å². The molecule has 0 N–H and O–H groups in total.